The van der Waals surface area contributed by atoms with Crippen molar-refractivity contribution in [3.05, 3.63) is 60.1 Å². The summed E-state index contributed by atoms with van der Waals surface area (Å²) >= 11 is 0. The molecule has 4 rings (SSSR count). The van der Waals surface area contributed by atoms with Crippen LogP contribution in [0, 0.1) is 6.92 Å². The quantitative estimate of drug-likeness (QED) is 0.208. The predicted octanol–water partition coefficient (Wildman–Crippen LogP) is 5.05. The van der Waals surface area contributed by atoms with E-state index < -0.39 is 43.6 Å². The second-order valence-electron chi connectivity index (χ2n) is 11.3. The van der Waals surface area contributed by atoms with Crippen LogP contribution in [-0.2, 0) is 14.9 Å². The highest BCUT2D eigenvalue weighted by atomic mass is 16.5. The van der Waals surface area contributed by atoms with Crippen molar-refractivity contribution in [2.75, 3.05) is 68.3 Å². The highest BCUT2D eigenvalue weighted by molar-refractivity contribution is 6.02. The molecule has 2 N–H and O–H groups in total. The number of anilines is 6. The summed E-state index contributed by atoms with van der Waals surface area (Å²) < 4.78 is 61.9. The summed E-state index contributed by atoms with van der Waals surface area (Å²) in [5.74, 6) is -1.03. The number of hydrogen-bond acceptors (Lipinski definition) is 11. The standard InChI is InChI=1S/C33H44N8O4/c1-11-28(42)36-23-16-24(27(44-10)17-26(23)40(9)15-14-39(7)8)37-32-34-18-22(31(43)45-20(2)3)30(38-32)41-19-33(5,6)29-25(41)13-12-21(4)35-29/h11-13,16-18,20H,1,14-15,19H2,2-10H3,(H,36,42)(H,34,37,38)/i5D3,6D3. The van der Waals surface area contributed by atoms with Crippen LogP contribution >= 0.6 is 0 Å². The lowest BCUT2D eigenvalue weighted by atomic mass is 9.91. The van der Waals surface area contributed by atoms with Gasteiger partial charge in [0.25, 0.3) is 0 Å². The molecule has 0 fully saturated rings. The van der Waals surface area contributed by atoms with Crippen molar-refractivity contribution in [3.63, 3.8) is 0 Å². The number of aryl methyl sites for hydroxylation is 1. The Morgan fingerprint density at radius 1 is 1.18 bits per heavy atom. The van der Waals surface area contributed by atoms with E-state index in [4.69, 9.17) is 17.7 Å². The van der Waals surface area contributed by atoms with E-state index >= 15 is 0 Å². The molecule has 3 heterocycles. The Labute approximate surface area is 273 Å². The molecule has 3 aromatic rings. The van der Waals surface area contributed by atoms with Gasteiger partial charge in [-0.2, -0.15) is 4.98 Å². The largest absolute Gasteiger partial charge is 0.494 e. The maximum atomic E-state index is 13.4. The van der Waals surface area contributed by atoms with E-state index in [1.165, 1.54) is 18.2 Å². The van der Waals surface area contributed by atoms with E-state index in [2.05, 4.69) is 32.2 Å². The van der Waals surface area contributed by atoms with Crippen molar-refractivity contribution in [1.82, 2.24) is 19.9 Å². The second-order valence-corrected chi connectivity index (χ2v) is 11.3. The number of nitrogens with one attached hydrogen (secondary N) is 2. The molecule has 1 aliphatic rings. The third kappa shape index (κ3) is 7.51. The Bertz CT molecular complexity index is 1780. The first-order valence-electron chi connectivity index (χ1n) is 17.4. The maximum Gasteiger partial charge on any atom is 0.343 e. The van der Waals surface area contributed by atoms with Gasteiger partial charge in [-0.25, -0.2) is 9.78 Å². The van der Waals surface area contributed by atoms with Crippen molar-refractivity contribution in [2.24, 2.45) is 0 Å². The fourth-order valence-corrected chi connectivity index (χ4v) is 4.75. The fraction of sp³-hybridized carbons (Fsp3) is 0.424. The normalized spacial score (nSPS) is 16.0. The van der Waals surface area contributed by atoms with Crippen LogP contribution in [0.2, 0.25) is 0 Å². The fourth-order valence-electron chi connectivity index (χ4n) is 4.75. The van der Waals surface area contributed by atoms with Crippen molar-refractivity contribution in [2.45, 2.75) is 46.0 Å². The third-order valence-electron chi connectivity index (χ3n) is 6.99. The monoisotopic (exact) mass is 622 g/mol. The number of hydrogen-bond donors (Lipinski definition) is 2. The Morgan fingerprint density at radius 3 is 2.58 bits per heavy atom. The molecule has 1 aromatic carbocycles. The first kappa shape index (κ1) is 25.6. The van der Waals surface area contributed by atoms with Gasteiger partial charge in [0.1, 0.15) is 11.3 Å². The number of methoxy groups -OCH3 is 1. The topological polar surface area (TPSA) is 125 Å². The second kappa shape index (κ2) is 13.5. The number of aromatic nitrogens is 3. The number of carbonyl (C=O) groups excluding carboxylic acids is 2. The van der Waals surface area contributed by atoms with E-state index in [1.54, 1.807) is 45.0 Å². The lowest BCUT2D eigenvalue weighted by Crippen LogP contribution is -2.29. The van der Waals surface area contributed by atoms with Gasteiger partial charge in [-0.3, -0.25) is 9.78 Å². The van der Waals surface area contributed by atoms with Gasteiger partial charge in [-0.15, -0.1) is 0 Å². The van der Waals surface area contributed by atoms with Gasteiger partial charge >= 0.3 is 5.97 Å². The van der Waals surface area contributed by atoms with Crippen molar-refractivity contribution >= 4 is 46.4 Å². The Morgan fingerprint density at radius 2 is 1.93 bits per heavy atom. The molecule has 0 aliphatic carbocycles. The van der Waals surface area contributed by atoms with Crippen LogP contribution in [0.4, 0.5) is 34.5 Å². The van der Waals surface area contributed by atoms with Gasteiger partial charge in [-0.1, -0.05) is 20.3 Å². The lowest BCUT2D eigenvalue weighted by Gasteiger charge is -2.26. The number of likely N-dealkylation sites (N-methyl/N-ethyl adjacent to an activating group) is 2. The minimum absolute atomic E-state index is 0.0546. The van der Waals surface area contributed by atoms with Crippen molar-refractivity contribution in [1.29, 1.82) is 0 Å². The van der Waals surface area contributed by atoms with Crippen LogP contribution in [0.25, 0.3) is 0 Å². The number of rotatable bonds is 12. The van der Waals surface area contributed by atoms with Crippen LogP contribution < -0.4 is 25.2 Å². The van der Waals surface area contributed by atoms with E-state index in [0.29, 0.717) is 35.1 Å². The van der Waals surface area contributed by atoms with E-state index in [0.717, 1.165) is 12.6 Å². The van der Waals surface area contributed by atoms with Crippen LogP contribution in [0.15, 0.2) is 43.1 Å². The number of fused-ring (bicyclic) bond motifs is 1. The van der Waals surface area contributed by atoms with Crippen molar-refractivity contribution < 1.29 is 27.3 Å². The Kier molecular flexibility index (Phi) is 7.69. The third-order valence-corrected chi connectivity index (χ3v) is 6.99. The average molecular weight is 623 g/mol. The molecule has 2 aromatic heterocycles. The van der Waals surface area contributed by atoms with Gasteiger partial charge in [0.2, 0.25) is 11.9 Å². The smallest absolute Gasteiger partial charge is 0.343 e. The van der Waals surface area contributed by atoms with Gasteiger partial charge < -0.3 is 34.8 Å². The van der Waals surface area contributed by atoms with Gasteiger partial charge in [-0.05, 0) is 59.1 Å². The SMILES string of the molecule is [2H]C([2H])([2H])C1(C([2H])([2H])[2H])CN(c2nc(Nc3cc(NC(=O)C=C)c(N(C)CCN(C)C)cc3OC)ncc2C(=O)OC(C)C)c2ccc(C)nc21. The summed E-state index contributed by atoms with van der Waals surface area (Å²) in [6.07, 6.45) is 1.84. The molecule has 12 heteroatoms. The summed E-state index contributed by atoms with van der Waals surface area (Å²) in [6, 6.07) is 6.55. The van der Waals surface area contributed by atoms with Crippen LogP contribution in [-0.4, -0.2) is 85.7 Å². The average Bonchev–Trinajstić information content (AvgIpc) is 3.39. The molecule has 0 atom stereocenters. The molecule has 45 heavy (non-hydrogen) atoms. The summed E-state index contributed by atoms with van der Waals surface area (Å²) in [7, 11) is 7.26. The molecule has 0 bridgehead atoms. The number of nitrogens with zero attached hydrogens (tertiary/aromatic N) is 6. The zero-order valence-corrected chi connectivity index (χ0v) is 26.7. The zero-order chi connectivity index (χ0) is 38.1. The Hall–Kier alpha value is -4.71. The maximum absolute atomic E-state index is 13.4. The van der Waals surface area contributed by atoms with Gasteiger partial charge in [0.15, 0.2) is 5.82 Å². The van der Waals surface area contributed by atoms with E-state index in [9.17, 15) is 9.59 Å². The van der Waals surface area contributed by atoms with Crippen molar-refractivity contribution in [3.8, 4) is 5.75 Å². The molecule has 0 radical (unpaired) electrons. The van der Waals surface area contributed by atoms with Crippen LogP contribution in [0.5, 0.6) is 5.75 Å². The van der Waals surface area contributed by atoms with Crippen LogP contribution in [0.1, 0.15) is 57.5 Å². The summed E-state index contributed by atoms with van der Waals surface area (Å²) in [6.45, 7) is 3.21. The summed E-state index contributed by atoms with van der Waals surface area (Å²) in [4.78, 5) is 44.7. The number of carbonyl (C=O) groups is 2. The molecule has 1 amide bonds. The highest BCUT2D eigenvalue weighted by Crippen LogP contribution is 2.44. The summed E-state index contributed by atoms with van der Waals surface area (Å²) in [5.41, 5.74) is -0.707. The van der Waals surface area contributed by atoms with E-state index in [1.807, 2.05) is 30.9 Å². The molecule has 1 aliphatic heterocycles. The first-order valence-corrected chi connectivity index (χ1v) is 14.4. The molecule has 12 nitrogen and oxygen atoms in total. The summed E-state index contributed by atoms with van der Waals surface area (Å²) in [5, 5.41) is 5.91. The first-order chi connectivity index (χ1) is 23.7. The number of esters is 1. The molecule has 0 spiro atoms. The predicted molar refractivity (Wildman–Crippen MR) is 179 cm³/mol. The molecule has 240 valence electrons. The number of pyridine rings is 1. The highest BCUT2D eigenvalue weighted by Gasteiger charge is 2.39. The molecular weight excluding hydrogens is 572 g/mol. The Balaban J connectivity index is 1.91. The zero-order valence-electron chi connectivity index (χ0n) is 32.7. The molecule has 0 saturated heterocycles. The van der Waals surface area contributed by atoms with E-state index in [-0.39, 0.29) is 28.7 Å². The lowest BCUT2D eigenvalue weighted by molar-refractivity contribution is -0.111. The molecular formula is C33H44N8O4. The number of ether oxygens (including phenoxy) is 2. The minimum atomic E-state index is -3.03. The minimum Gasteiger partial charge on any atom is -0.494 e. The van der Waals surface area contributed by atoms with Gasteiger partial charge in [0.05, 0.1) is 41.7 Å². The molecule has 0 unspecified atom stereocenters. The molecule has 0 saturated carbocycles. The van der Waals surface area contributed by atoms with Crippen LogP contribution in [0.3, 0.4) is 0 Å². The number of benzene rings is 1. The number of amides is 1. The van der Waals surface area contributed by atoms with Gasteiger partial charge in [0, 0.05) is 58.3 Å².